The second-order valence-corrected chi connectivity index (χ2v) is 3.82. The largest absolute Gasteiger partial charge is 0.460 e. The molecule has 0 heterocycles. The number of methoxy groups -OCH3 is 1. The SMILES string of the molecule is C=CCOC(=O)[C@H](COC)NOCc1ccccc1. The van der Waals surface area contributed by atoms with Gasteiger partial charge in [0, 0.05) is 7.11 Å². The third-order valence-corrected chi connectivity index (χ3v) is 2.27. The fraction of sp³-hybridized carbons (Fsp3) is 0.357. The highest BCUT2D eigenvalue weighted by Gasteiger charge is 2.19. The van der Waals surface area contributed by atoms with Crippen molar-refractivity contribution in [3.63, 3.8) is 0 Å². The number of ether oxygens (including phenoxy) is 2. The third-order valence-electron chi connectivity index (χ3n) is 2.27. The van der Waals surface area contributed by atoms with Crippen LogP contribution in [0.1, 0.15) is 5.56 Å². The monoisotopic (exact) mass is 265 g/mol. The molecule has 104 valence electrons. The maximum absolute atomic E-state index is 11.6. The van der Waals surface area contributed by atoms with Crippen molar-refractivity contribution in [2.75, 3.05) is 20.3 Å². The van der Waals surface area contributed by atoms with E-state index >= 15 is 0 Å². The molecule has 1 aromatic carbocycles. The highest BCUT2D eigenvalue weighted by Crippen LogP contribution is 2.00. The molecular weight excluding hydrogens is 246 g/mol. The Morgan fingerprint density at radius 3 is 2.79 bits per heavy atom. The fourth-order valence-electron chi connectivity index (χ4n) is 1.36. The highest BCUT2D eigenvalue weighted by atomic mass is 16.7. The standard InChI is InChI=1S/C14H19NO4/c1-3-9-18-14(16)13(11-17-2)15-19-10-12-7-5-4-6-8-12/h3-8,13,15H,1,9-11H2,2H3/t13-/m0/s1. The van der Waals surface area contributed by atoms with Crippen molar-refractivity contribution in [1.82, 2.24) is 5.48 Å². The molecule has 5 heteroatoms. The summed E-state index contributed by atoms with van der Waals surface area (Å²) in [4.78, 5) is 16.9. The quantitative estimate of drug-likeness (QED) is 0.416. The predicted octanol–water partition coefficient (Wildman–Crippen LogP) is 1.45. The van der Waals surface area contributed by atoms with Crippen LogP contribution >= 0.6 is 0 Å². The number of hydrogen-bond acceptors (Lipinski definition) is 5. The molecule has 0 aliphatic heterocycles. The van der Waals surface area contributed by atoms with Gasteiger partial charge in [-0.05, 0) is 5.56 Å². The number of hydroxylamine groups is 1. The molecule has 0 amide bonds. The lowest BCUT2D eigenvalue weighted by Crippen LogP contribution is -2.41. The first kappa shape index (κ1) is 15.4. The minimum atomic E-state index is -0.659. The van der Waals surface area contributed by atoms with Crippen LogP contribution in [0.2, 0.25) is 0 Å². The second kappa shape index (κ2) is 9.27. The molecule has 0 aliphatic carbocycles. The summed E-state index contributed by atoms with van der Waals surface area (Å²) in [5.41, 5.74) is 3.65. The third kappa shape index (κ3) is 6.15. The Kier molecular flexibility index (Phi) is 7.50. The molecular formula is C14H19NO4. The summed E-state index contributed by atoms with van der Waals surface area (Å²) in [6.07, 6.45) is 1.51. The number of carbonyl (C=O) groups is 1. The number of hydrogen-bond donors (Lipinski definition) is 1. The Labute approximate surface area is 113 Å². The van der Waals surface area contributed by atoms with Crippen LogP contribution in [0.3, 0.4) is 0 Å². The normalized spacial score (nSPS) is 11.8. The van der Waals surface area contributed by atoms with Gasteiger partial charge in [0.2, 0.25) is 0 Å². The van der Waals surface area contributed by atoms with Crippen LogP contribution in [0, 0.1) is 0 Å². The maximum atomic E-state index is 11.6. The van der Waals surface area contributed by atoms with Crippen LogP contribution in [0.15, 0.2) is 43.0 Å². The van der Waals surface area contributed by atoms with Crippen molar-refractivity contribution in [3.05, 3.63) is 48.6 Å². The van der Waals surface area contributed by atoms with E-state index in [4.69, 9.17) is 14.3 Å². The lowest BCUT2D eigenvalue weighted by molar-refractivity contribution is -0.152. The summed E-state index contributed by atoms with van der Waals surface area (Å²) in [6, 6.07) is 8.98. The van der Waals surface area contributed by atoms with Crippen molar-refractivity contribution in [2.24, 2.45) is 0 Å². The number of carbonyl (C=O) groups excluding carboxylic acids is 1. The van der Waals surface area contributed by atoms with Crippen molar-refractivity contribution < 1.29 is 19.1 Å². The molecule has 19 heavy (non-hydrogen) atoms. The first-order valence-corrected chi connectivity index (χ1v) is 5.95. The highest BCUT2D eigenvalue weighted by molar-refractivity contribution is 5.75. The minimum absolute atomic E-state index is 0.166. The number of esters is 1. The molecule has 0 saturated carbocycles. The molecule has 0 bridgehead atoms. The van der Waals surface area contributed by atoms with E-state index in [0.29, 0.717) is 6.61 Å². The molecule has 0 spiro atoms. The lowest BCUT2D eigenvalue weighted by Gasteiger charge is -2.16. The maximum Gasteiger partial charge on any atom is 0.328 e. The minimum Gasteiger partial charge on any atom is -0.460 e. The molecule has 1 N–H and O–H groups in total. The first-order valence-electron chi connectivity index (χ1n) is 5.95. The molecule has 5 nitrogen and oxygen atoms in total. The molecule has 1 rings (SSSR count). The molecule has 0 saturated heterocycles. The van der Waals surface area contributed by atoms with Gasteiger partial charge in [-0.2, -0.15) is 5.48 Å². The summed E-state index contributed by atoms with van der Waals surface area (Å²) in [5, 5.41) is 0. The van der Waals surface area contributed by atoms with E-state index in [1.165, 1.54) is 13.2 Å². The van der Waals surface area contributed by atoms with Crippen LogP contribution in [0.5, 0.6) is 0 Å². The van der Waals surface area contributed by atoms with Gasteiger partial charge in [0.05, 0.1) is 13.2 Å². The molecule has 0 radical (unpaired) electrons. The van der Waals surface area contributed by atoms with E-state index in [1.54, 1.807) is 0 Å². The fourth-order valence-corrected chi connectivity index (χ4v) is 1.36. The van der Waals surface area contributed by atoms with Gasteiger partial charge in [-0.25, -0.2) is 0 Å². The van der Waals surface area contributed by atoms with Gasteiger partial charge in [-0.15, -0.1) is 0 Å². The second-order valence-electron chi connectivity index (χ2n) is 3.82. The summed E-state index contributed by atoms with van der Waals surface area (Å²) in [6.45, 7) is 4.17. The average Bonchev–Trinajstić information content (AvgIpc) is 2.45. The van der Waals surface area contributed by atoms with Crippen molar-refractivity contribution in [3.8, 4) is 0 Å². The van der Waals surface area contributed by atoms with E-state index in [9.17, 15) is 4.79 Å². The molecule has 1 atom stereocenters. The molecule has 0 fully saturated rings. The van der Waals surface area contributed by atoms with E-state index in [2.05, 4.69) is 12.1 Å². The van der Waals surface area contributed by atoms with Crippen molar-refractivity contribution in [2.45, 2.75) is 12.6 Å². The summed E-state index contributed by atoms with van der Waals surface area (Å²) >= 11 is 0. The van der Waals surface area contributed by atoms with Crippen LogP contribution in [0.25, 0.3) is 0 Å². The zero-order valence-corrected chi connectivity index (χ0v) is 11.0. The Morgan fingerprint density at radius 2 is 2.16 bits per heavy atom. The van der Waals surface area contributed by atoms with Gasteiger partial charge in [0.1, 0.15) is 6.61 Å². The van der Waals surface area contributed by atoms with E-state index in [1.807, 2.05) is 30.3 Å². The Balaban J connectivity index is 2.36. The van der Waals surface area contributed by atoms with Crippen LogP contribution in [0.4, 0.5) is 0 Å². The van der Waals surface area contributed by atoms with E-state index in [-0.39, 0.29) is 13.2 Å². The van der Waals surface area contributed by atoms with Gasteiger partial charge < -0.3 is 9.47 Å². The smallest absolute Gasteiger partial charge is 0.328 e. The van der Waals surface area contributed by atoms with E-state index in [0.717, 1.165) is 5.56 Å². The van der Waals surface area contributed by atoms with Crippen LogP contribution in [-0.4, -0.2) is 32.3 Å². The predicted molar refractivity (Wildman–Crippen MR) is 71.2 cm³/mol. The zero-order chi connectivity index (χ0) is 13.9. The number of nitrogens with one attached hydrogen (secondary N) is 1. The van der Waals surface area contributed by atoms with Gasteiger partial charge in [0.15, 0.2) is 6.04 Å². The van der Waals surface area contributed by atoms with Crippen molar-refractivity contribution >= 4 is 5.97 Å². The lowest BCUT2D eigenvalue weighted by atomic mass is 10.2. The molecule has 1 aromatic rings. The number of rotatable bonds is 9. The summed E-state index contributed by atoms with van der Waals surface area (Å²) in [7, 11) is 1.51. The Morgan fingerprint density at radius 1 is 1.42 bits per heavy atom. The summed E-state index contributed by atoms with van der Waals surface area (Å²) in [5.74, 6) is -0.435. The van der Waals surface area contributed by atoms with E-state index < -0.39 is 12.0 Å². The van der Waals surface area contributed by atoms with Gasteiger partial charge >= 0.3 is 5.97 Å². The van der Waals surface area contributed by atoms with Gasteiger partial charge in [-0.1, -0.05) is 43.0 Å². The first-order chi connectivity index (χ1) is 9.27. The van der Waals surface area contributed by atoms with Crippen LogP contribution < -0.4 is 5.48 Å². The average molecular weight is 265 g/mol. The van der Waals surface area contributed by atoms with Crippen molar-refractivity contribution in [1.29, 1.82) is 0 Å². The summed E-state index contributed by atoms with van der Waals surface area (Å²) < 4.78 is 9.87. The molecule has 0 aromatic heterocycles. The Hall–Kier alpha value is -1.69. The molecule has 0 aliphatic rings. The van der Waals surface area contributed by atoms with Gasteiger partial charge in [0.25, 0.3) is 0 Å². The van der Waals surface area contributed by atoms with Gasteiger partial charge in [-0.3, -0.25) is 9.63 Å². The Bertz CT molecular complexity index is 380. The zero-order valence-electron chi connectivity index (χ0n) is 11.0. The van der Waals surface area contributed by atoms with Crippen LogP contribution in [-0.2, 0) is 25.7 Å². The topological polar surface area (TPSA) is 56.8 Å². The number of benzene rings is 1. The molecule has 0 unspecified atom stereocenters.